The van der Waals surface area contributed by atoms with Crippen LogP contribution in [0.2, 0.25) is 0 Å². The third kappa shape index (κ3) is 11.3. The first-order valence-electron chi connectivity index (χ1n) is 47.7. The summed E-state index contributed by atoms with van der Waals surface area (Å²) in [5.41, 5.74) is 23.7. The minimum absolute atomic E-state index is 0.0182. The van der Waals surface area contributed by atoms with Crippen LogP contribution in [0.1, 0.15) is 146 Å². The monoisotopic (exact) mass is 1550 g/mol. The molecule has 6 heterocycles. The highest BCUT2D eigenvalue weighted by atomic mass is 15.2. The first-order chi connectivity index (χ1) is 63.0. The van der Waals surface area contributed by atoms with E-state index >= 15 is 0 Å². The second kappa shape index (κ2) is 26.4. The molecule has 20 aromatic rings. The van der Waals surface area contributed by atoms with Crippen LogP contribution in [-0.4, -0.2) is 18.3 Å². The van der Waals surface area contributed by atoms with E-state index in [0.717, 1.165) is 122 Å². The number of rotatable bonds is 9. The normalized spacial score (nSPS) is 15.3. The van der Waals surface area contributed by atoms with E-state index in [1.165, 1.54) is 22.3 Å². The summed E-state index contributed by atoms with van der Waals surface area (Å²) >= 11 is 0. The lowest BCUT2D eigenvalue weighted by molar-refractivity contribution is 0.590. The summed E-state index contributed by atoms with van der Waals surface area (Å²) < 4.78 is 132. The van der Waals surface area contributed by atoms with Gasteiger partial charge in [0.05, 0.1) is 102 Å². The molecule has 0 amide bonds. The summed E-state index contributed by atoms with van der Waals surface area (Å²) in [5.74, 6) is -0.625. The van der Waals surface area contributed by atoms with Crippen LogP contribution >= 0.6 is 0 Å². The van der Waals surface area contributed by atoms with Gasteiger partial charge < -0.3 is 28.1 Å². The minimum atomic E-state index is -0.625. The van der Waals surface area contributed by atoms with Crippen molar-refractivity contribution < 1.29 is 17.8 Å². The van der Waals surface area contributed by atoms with E-state index < -0.39 is 72.4 Å². The fraction of sp³-hybridized carbons (Fsp3) is 0.150. The molecule has 0 aliphatic carbocycles. The average molecular weight is 1550 g/mol. The Morgan fingerprint density at radius 2 is 0.647 bits per heavy atom. The molecule has 0 spiro atoms. The van der Waals surface area contributed by atoms with Crippen molar-refractivity contribution in [3.05, 3.63) is 384 Å². The van der Waals surface area contributed by atoms with Crippen LogP contribution in [-0.2, 0) is 21.7 Å². The van der Waals surface area contributed by atoms with Crippen molar-refractivity contribution in [1.29, 1.82) is 0 Å². The largest absolute Gasteiger partial charge is 0.310 e. The summed E-state index contributed by atoms with van der Waals surface area (Å²) in [6.07, 6.45) is 0. The predicted molar refractivity (Wildman–Crippen MR) is 505 cm³/mol. The van der Waals surface area contributed by atoms with E-state index in [1.54, 1.807) is 4.57 Å². The molecule has 576 valence electrons. The Balaban J connectivity index is 0.939. The van der Waals surface area contributed by atoms with Crippen molar-refractivity contribution in [3.8, 4) is 56.1 Å². The van der Waals surface area contributed by atoms with E-state index in [4.69, 9.17) is 4.11 Å². The molecule has 0 bridgehead atoms. The summed E-state index contributed by atoms with van der Waals surface area (Å²) in [4.78, 5) is 4.81. The van der Waals surface area contributed by atoms with Gasteiger partial charge in [-0.2, -0.15) is 0 Å². The Morgan fingerprint density at radius 1 is 0.227 bits per heavy atom. The standard InChI is InChI=1S/C113H94N6/c1-110(2,3)76-48-55-96-90(63-76)91-64-77(111(4,5)6)49-56-97(91)114(96)81-52-54-89-103(67-81)116(82-60-74(71-33-19-14-20-34-71)59-75(61-82)72-35-21-15-22-36-72)104-68-83(115-98-57-50-78(112(7,8)9)65-92(98)93-66-79(113(10,11)12)51-58-99(93)115)69-105-107(104)106(89)88-53-47-73(70-31-17-13-18-32-70)62-102(88)119(105)101-46-30-42-87-86-41-29-45-100(108(86)117(109(87)101)80-37-23-16-24-38-80)118-94-43-27-25-39-84(94)85-40-26-28-44-95(85)118/h13-69,106H,1-12H3/i13D,17D,18D,25D,26D,27D,28D,31D,32D,39D,40D,43D,44D. The molecule has 0 saturated carbocycles. The van der Waals surface area contributed by atoms with Crippen LogP contribution in [0.3, 0.4) is 0 Å². The van der Waals surface area contributed by atoms with Crippen LogP contribution in [0.15, 0.2) is 345 Å². The molecule has 119 heavy (non-hydrogen) atoms. The molecule has 16 aromatic carbocycles. The lowest BCUT2D eigenvalue weighted by atomic mass is 9.75. The van der Waals surface area contributed by atoms with E-state index in [-0.39, 0.29) is 61.1 Å². The van der Waals surface area contributed by atoms with E-state index in [9.17, 15) is 13.7 Å². The first-order valence-corrected chi connectivity index (χ1v) is 41.2. The van der Waals surface area contributed by atoms with Gasteiger partial charge in [0, 0.05) is 71.6 Å². The number of aromatic nitrogens is 4. The van der Waals surface area contributed by atoms with Gasteiger partial charge in [-0.15, -0.1) is 0 Å². The Kier molecular flexibility index (Phi) is 13.1. The number of anilines is 6. The molecular formula is C113H94N6. The quantitative estimate of drug-likeness (QED) is 0.144. The molecule has 0 saturated heterocycles. The SMILES string of the molecule is [2H]c1c([2H])c([2H])c(-c2ccc3c(c2)N(c2cccc4c5cccc(-n6c7c([2H])c([2H])c([2H])c([2H])c7c7c([2H])c([2H])c([2H])c([2H])c76)c5n(-c5ccccc5)c24)c2cc(-n4c5ccc(C(C)(C)C)cc5c5cc(C(C)(C)C)ccc54)cc4c2C3c2ccc(-n3c5ccc(C(C)(C)C)cc5c5cc(C(C)(C)C)ccc53)cc2N4c2cc(-c3ccccc3)cc(-c3ccccc3)c2)c([2H])c1[2H]. The van der Waals surface area contributed by atoms with Crippen molar-refractivity contribution in [2.75, 3.05) is 9.80 Å². The van der Waals surface area contributed by atoms with Gasteiger partial charge in [-0.05, 0) is 222 Å². The van der Waals surface area contributed by atoms with E-state index in [1.807, 2.05) is 66.7 Å². The maximum absolute atomic E-state index is 9.92. The van der Waals surface area contributed by atoms with Crippen molar-refractivity contribution in [1.82, 2.24) is 18.3 Å². The van der Waals surface area contributed by atoms with Crippen molar-refractivity contribution in [2.45, 2.75) is 111 Å². The highest BCUT2D eigenvalue weighted by Crippen LogP contribution is 2.64. The number of hydrogen-bond acceptors (Lipinski definition) is 2. The molecule has 4 aromatic heterocycles. The maximum Gasteiger partial charge on any atom is 0.0783 e. The number of benzene rings is 16. The molecule has 0 radical (unpaired) electrons. The van der Waals surface area contributed by atoms with Crippen molar-refractivity contribution in [2.24, 2.45) is 0 Å². The Bertz CT molecular complexity index is 8120. The van der Waals surface area contributed by atoms with Crippen LogP contribution in [0.5, 0.6) is 0 Å². The highest BCUT2D eigenvalue weighted by Gasteiger charge is 2.44. The molecule has 1 unspecified atom stereocenters. The fourth-order valence-corrected chi connectivity index (χ4v) is 19.1. The number of para-hydroxylation sites is 5. The fourth-order valence-electron chi connectivity index (χ4n) is 19.1. The van der Waals surface area contributed by atoms with E-state index in [0.29, 0.717) is 44.7 Å². The Morgan fingerprint density at radius 3 is 1.14 bits per heavy atom. The summed E-state index contributed by atoms with van der Waals surface area (Å²) in [5, 5.41) is 5.75. The Labute approximate surface area is 714 Å². The third-order valence-corrected chi connectivity index (χ3v) is 25.0. The number of nitrogens with zero attached hydrogens (tertiary/aromatic N) is 6. The molecular weight excluding hydrogens is 1440 g/mol. The van der Waals surface area contributed by atoms with Crippen molar-refractivity contribution >= 4 is 121 Å². The zero-order chi connectivity index (χ0) is 92.2. The molecule has 0 fully saturated rings. The van der Waals surface area contributed by atoms with Gasteiger partial charge in [0.15, 0.2) is 0 Å². The van der Waals surface area contributed by atoms with Crippen LogP contribution in [0, 0.1) is 0 Å². The van der Waals surface area contributed by atoms with Crippen LogP contribution in [0.25, 0.3) is 143 Å². The van der Waals surface area contributed by atoms with Gasteiger partial charge in [-0.1, -0.05) is 295 Å². The van der Waals surface area contributed by atoms with Gasteiger partial charge in [0.2, 0.25) is 0 Å². The summed E-state index contributed by atoms with van der Waals surface area (Å²) in [6, 6.07) is 89.2. The molecule has 6 nitrogen and oxygen atoms in total. The van der Waals surface area contributed by atoms with Crippen LogP contribution < -0.4 is 9.80 Å². The lowest BCUT2D eigenvalue weighted by Crippen LogP contribution is -2.30. The lowest BCUT2D eigenvalue weighted by Gasteiger charge is -2.46. The van der Waals surface area contributed by atoms with Crippen molar-refractivity contribution in [3.63, 3.8) is 0 Å². The van der Waals surface area contributed by atoms with Gasteiger partial charge in [-0.3, -0.25) is 0 Å². The predicted octanol–water partition coefficient (Wildman–Crippen LogP) is 31.0. The minimum Gasteiger partial charge on any atom is -0.310 e. The highest BCUT2D eigenvalue weighted by molar-refractivity contribution is 6.20. The van der Waals surface area contributed by atoms with Gasteiger partial charge in [-0.25, -0.2) is 0 Å². The zero-order valence-electron chi connectivity index (χ0n) is 81.7. The number of fused-ring (bicyclic) bond motifs is 16. The van der Waals surface area contributed by atoms with Gasteiger partial charge in [0.1, 0.15) is 0 Å². The molecule has 1 atom stereocenters. The molecule has 0 N–H and O–H groups in total. The average Bonchev–Trinajstić information content (AvgIpc) is 1.24. The first kappa shape index (κ1) is 59.0. The van der Waals surface area contributed by atoms with E-state index in [2.05, 4.69) is 307 Å². The molecule has 2 aliphatic heterocycles. The second-order valence-electron chi connectivity index (χ2n) is 36.4. The summed E-state index contributed by atoms with van der Waals surface area (Å²) in [6.45, 7) is 27.1. The molecule has 22 rings (SSSR count). The smallest absolute Gasteiger partial charge is 0.0783 e. The van der Waals surface area contributed by atoms with Crippen LogP contribution in [0.4, 0.5) is 34.1 Å². The zero-order valence-corrected chi connectivity index (χ0v) is 68.7. The van der Waals surface area contributed by atoms with Gasteiger partial charge >= 0.3 is 0 Å². The molecule has 6 heteroatoms. The summed E-state index contributed by atoms with van der Waals surface area (Å²) in [7, 11) is 0. The third-order valence-electron chi connectivity index (χ3n) is 25.0. The Hall–Kier alpha value is -13.7. The second-order valence-corrected chi connectivity index (χ2v) is 36.4. The molecule has 2 aliphatic rings. The van der Waals surface area contributed by atoms with Gasteiger partial charge in [0.25, 0.3) is 0 Å². The maximum atomic E-state index is 9.92. The topological polar surface area (TPSA) is 26.2 Å². The number of hydrogen-bond donors (Lipinski definition) is 0.